The lowest BCUT2D eigenvalue weighted by Gasteiger charge is -2.09. The van der Waals surface area contributed by atoms with Crippen LogP contribution in [0.4, 0.5) is 4.39 Å². The summed E-state index contributed by atoms with van der Waals surface area (Å²) in [6.07, 6.45) is 2.65. The number of nitrogens with zero attached hydrogens (tertiary/aromatic N) is 4. The fourth-order valence-corrected chi connectivity index (χ4v) is 4.18. The molecule has 0 saturated heterocycles. The first-order chi connectivity index (χ1) is 14.6. The van der Waals surface area contributed by atoms with Crippen molar-refractivity contribution in [3.63, 3.8) is 0 Å². The Morgan fingerprint density at radius 3 is 2.67 bits per heavy atom. The molecule has 0 spiro atoms. The highest BCUT2D eigenvalue weighted by atomic mass is 32.2. The number of ketones is 1. The van der Waals surface area contributed by atoms with Crippen LogP contribution < -0.4 is 5.56 Å². The van der Waals surface area contributed by atoms with Crippen LogP contribution in [0.1, 0.15) is 23.2 Å². The Balaban J connectivity index is 1.55. The van der Waals surface area contributed by atoms with E-state index in [0.717, 1.165) is 5.52 Å². The number of hydrogen-bond acceptors (Lipinski definition) is 5. The molecule has 0 unspecified atom stereocenters. The van der Waals surface area contributed by atoms with Gasteiger partial charge < -0.3 is 0 Å². The zero-order valence-corrected chi connectivity index (χ0v) is 16.9. The number of fused-ring (bicyclic) bond motifs is 3. The highest BCUT2D eigenvalue weighted by Gasteiger charge is 2.16. The van der Waals surface area contributed by atoms with Gasteiger partial charge in [-0.1, -0.05) is 30.0 Å². The number of rotatable bonds is 8. The van der Waals surface area contributed by atoms with Crippen LogP contribution in [0.3, 0.4) is 0 Å². The van der Waals surface area contributed by atoms with Gasteiger partial charge in [-0.25, -0.2) is 4.39 Å². The fourth-order valence-electron chi connectivity index (χ4n) is 3.30. The molecule has 0 aliphatic carbocycles. The number of thioether (sulfide) groups is 1. The van der Waals surface area contributed by atoms with E-state index in [9.17, 15) is 14.0 Å². The van der Waals surface area contributed by atoms with E-state index >= 15 is 0 Å². The van der Waals surface area contributed by atoms with E-state index in [1.807, 2.05) is 22.6 Å². The van der Waals surface area contributed by atoms with Gasteiger partial charge in [-0.05, 0) is 42.8 Å². The average Bonchev–Trinajstić information content (AvgIpc) is 3.18. The second kappa shape index (κ2) is 8.62. The topological polar surface area (TPSA) is 69.3 Å². The summed E-state index contributed by atoms with van der Waals surface area (Å²) in [5.41, 5.74) is 1.12. The van der Waals surface area contributed by atoms with Crippen molar-refractivity contribution >= 4 is 34.2 Å². The van der Waals surface area contributed by atoms with E-state index in [1.165, 1.54) is 36.0 Å². The normalized spacial score (nSPS) is 11.2. The molecule has 0 saturated carbocycles. The second-order valence-electron chi connectivity index (χ2n) is 6.72. The SMILES string of the molecule is C=CCn1c(=O)c2ccccc2n2c(SCCCC(=O)c3ccc(F)cc3)nnc12. The number of halogens is 1. The summed E-state index contributed by atoms with van der Waals surface area (Å²) >= 11 is 1.48. The third-order valence-electron chi connectivity index (χ3n) is 4.74. The third kappa shape index (κ3) is 3.78. The predicted octanol–water partition coefficient (Wildman–Crippen LogP) is 4.12. The number of Topliss-reactive ketones (excluding diaryl/α,β-unsaturated/α-hetero) is 1. The average molecular weight is 422 g/mol. The van der Waals surface area contributed by atoms with Gasteiger partial charge in [0.05, 0.1) is 10.9 Å². The minimum Gasteiger partial charge on any atom is -0.294 e. The lowest BCUT2D eigenvalue weighted by Crippen LogP contribution is -2.22. The predicted molar refractivity (Wildman–Crippen MR) is 116 cm³/mol. The molecular weight excluding hydrogens is 403 g/mol. The quantitative estimate of drug-likeness (QED) is 0.185. The molecule has 6 nitrogen and oxygen atoms in total. The van der Waals surface area contributed by atoms with E-state index in [-0.39, 0.29) is 17.2 Å². The molecule has 2 heterocycles. The smallest absolute Gasteiger partial charge is 0.263 e. The van der Waals surface area contributed by atoms with E-state index in [0.29, 0.717) is 47.0 Å². The molecule has 152 valence electrons. The van der Waals surface area contributed by atoms with Gasteiger partial charge in [0.15, 0.2) is 10.9 Å². The number of aromatic nitrogens is 4. The van der Waals surface area contributed by atoms with Crippen LogP contribution >= 0.6 is 11.8 Å². The van der Waals surface area contributed by atoms with Crippen LogP contribution in [0.2, 0.25) is 0 Å². The van der Waals surface area contributed by atoms with Crippen molar-refractivity contribution < 1.29 is 9.18 Å². The summed E-state index contributed by atoms with van der Waals surface area (Å²) in [4.78, 5) is 25.0. The molecule has 0 fully saturated rings. The van der Waals surface area contributed by atoms with Gasteiger partial charge in [-0.15, -0.1) is 16.8 Å². The van der Waals surface area contributed by atoms with Crippen molar-refractivity contribution in [1.29, 1.82) is 0 Å². The maximum Gasteiger partial charge on any atom is 0.263 e. The van der Waals surface area contributed by atoms with Crippen LogP contribution in [-0.2, 0) is 6.54 Å². The molecule has 0 aliphatic heterocycles. The summed E-state index contributed by atoms with van der Waals surface area (Å²) in [6.45, 7) is 4.06. The first-order valence-corrected chi connectivity index (χ1v) is 10.5. The molecular formula is C22H19FN4O2S. The fraction of sp³-hybridized carbons (Fsp3) is 0.182. The number of para-hydroxylation sites is 1. The van der Waals surface area contributed by atoms with Gasteiger partial charge in [-0.2, -0.15) is 0 Å². The number of carbonyl (C=O) groups excluding carboxylic acids is 1. The molecule has 8 heteroatoms. The Labute approximate surface area is 176 Å². The number of allylic oxidation sites excluding steroid dienone is 1. The maximum atomic E-state index is 13.0. The highest BCUT2D eigenvalue weighted by Crippen LogP contribution is 2.22. The summed E-state index contributed by atoms with van der Waals surface area (Å²) in [5.74, 6) is 0.737. The van der Waals surface area contributed by atoms with Crippen LogP contribution in [0.5, 0.6) is 0 Å². The molecule has 2 aromatic carbocycles. The first kappa shape index (κ1) is 20.0. The molecule has 0 N–H and O–H groups in total. The molecule has 0 atom stereocenters. The Hall–Kier alpha value is -3.26. The Bertz CT molecular complexity index is 1290. The van der Waals surface area contributed by atoms with E-state index in [4.69, 9.17) is 0 Å². The lowest BCUT2D eigenvalue weighted by molar-refractivity contribution is 0.0982. The number of benzene rings is 2. The molecule has 0 amide bonds. The molecule has 0 bridgehead atoms. The van der Waals surface area contributed by atoms with Crippen molar-refractivity contribution in [2.45, 2.75) is 24.5 Å². The molecule has 0 aliphatic rings. The largest absolute Gasteiger partial charge is 0.294 e. The van der Waals surface area contributed by atoms with E-state index < -0.39 is 0 Å². The maximum absolute atomic E-state index is 13.0. The highest BCUT2D eigenvalue weighted by molar-refractivity contribution is 7.99. The van der Waals surface area contributed by atoms with Crippen LogP contribution in [0.25, 0.3) is 16.7 Å². The minimum absolute atomic E-state index is 0.0213. The molecule has 4 rings (SSSR count). The summed E-state index contributed by atoms with van der Waals surface area (Å²) in [5, 5.41) is 9.74. The number of hydrogen-bond donors (Lipinski definition) is 0. The van der Waals surface area contributed by atoms with Crippen molar-refractivity contribution in [3.8, 4) is 0 Å². The van der Waals surface area contributed by atoms with Gasteiger partial charge in [0.1, 0.15) is 5.82 Å². The summed E-state index contributed by atoms with van der Waals surface area (Å²) < 4.78 is 16.4. The van der Waals surface area contributed by atoms with E-state index in [2.05, 4.69) is 16.8 Å². The van der Waals surface area contributed by atoms with Crippen molar-refractivity contribution in [2.24, 2.45) is 0 Å². The second-order valence-corrected chi connectivity index (χ2v) is 7.78. The monoisotopic (exact) mass is 422 g/mol. The van der Waals surface area contributed by atoms with Crippen LogP contribution in [0.15, 0.2) is 71.1 Å². The number of carbonyl (C=O) groups is 1. The van der Waals surface area contributed by atoms with Gasteiger partial charge in [0.25, 0.3) is 5.56 Å². The van der Waals surface area contributed by atoms with Gasteiger partial charge in [0, 0.05) is 24.3 Å². The van der Waals surface area contributed by atoms with Gasteiger partial charge >= 0.3 is 0 Å². The van der Waals surface area contributed by atoms with Gasteiger partial charge in [-0.3, -0.25) is 18.6 Å². The summed E-state index contributed by atoms with van der Waals surface area (Å²) in [7, 11) is 0. The molecule has 4 aromatic rings. The summed E-state index contributed by atoms with van der Waals surface area (Å²) in [6, 6.07) is 12.9. The molecule has 2 aromatic heterocycles. The molecule has 0 radical (unpaired) electrons. The Morgan fingerprint density at radius 1 is 1.13 bits per heavy atom. The first-order valence-electron chi connectivity index (χ1n) is 9.49. The Morgan fingerprint density at radius 2 is 1.90 bits per heavy atom. The van der Waals surface area contributed by atoms with Crippen molar-refractivity contribution in [1.82, 2.24) is 19.2 Å². The zero-order valence-electron chi connectivity index (χ0n) is 16.1. The minimum atomic E-state index is -0.358. The standard InChI is InChI=1S/C22H19FN4O2S/c1-2-13-26-20(29)17-6-3-4-7-18(17)27-21(26)24-25-22(27)30-14-5-8-19(28)15-9-11-16(23)12-10-15/h2-4,6-7,9-12H,1,5,8,13-14H2. The zero-order chi connectivity index (χ0) is 21.1. The van der Waals surface area contributed by atoms with Crippen molar-refractivity contribution in [3.05, 3.63) is 82.9 Å². The van der Waals surface area contributed by atoms with Crippen molar-refractivity contribution in [2.75, 3.05) is 5.75 Å². The third-order valence-corrected chi connectivity index (χ3v) is 5.75. The van der Waals surface area contributed by atoms with E-state index in [1.54, 1.807) is 16.7 Å². The Kier molecular flexibility index (Phi) is 5.76. The molecule has 30 heavy (non-hydrogen) atoms. The van der Waals surface area contributed by atoms with Crippen LogP contribution in [0, 0.1) is 5.82 Å². The lowest BCUT2D eigenvalue weighted by atomic mass is 10.1. The van der Waals surface area contributed by atoms with Gasteiger partial charge in [0.2, 0.25) is 5.78 Å². The van der Waals surface area contributed by atoms with Crippen LogP contribution in [-0.4, -0.2) is 30.7 Å².